The van der Waals surface area contributed by atoms with E-state index < -0.39 is 12.3 Å². The van der Waals surface area contributed by atoms with Crippen molar-refractivity contribution in [2.45, 2.75) is 0 Å². The second-order valence-corrected chi connectivity index (χ2v) is 0.940. The zero-order valence-electron chi connectivity index (χ0n) is 4.53. The molecule has 0 heterocycles. The predicted molar refractivity (Wildman–Crippen MR) is 26.0 cm³/mol. The van der Waals surface area contributed by atoms with Gasteiger partial charge in [-0.05, 0) is 0 Å². The Balaban J connectivity index is 3.51. The number of carbonyl (C=O) groups is 2. The molecule has 0 spiro atoms. The van der Waals surface area contributed by atoms with Crippen LogP contribution in [0.5, 0.6) is 0 Å². The Morgan fingerprint density at radius 2 is 1.30 bits per heavy atom. The molecule has 0 unspecified atom stereocenters. The van der Waals surface area contributed by atoms with Gasteiger partial charge >= 0.3 is 12.3 Å². The van der Waals surface area contributed by atoms with Crippen LogP contribution in [0, 0.1) is 12.2 Å². The van der Waals surface area contributed by atoms with E-state index in [0.717, 1.165) is 0 Å². The molecular weight excluding hydrogens is 144 g/mol. The van der Waals surface area contributed by atoms with E-state index in [4.69, 9.17) is 10.2 Å². The highest BCUT2D eigenvalue weighted by Crippen LogP contribution is 1.73. The van der Waals surface area contributed by atoms with Crippen LogP contribution in [-0.4, -0.2) is 22.5 Å². The predicted octanol–water partition coefficient (Wildman–Crippen LogP) is 0.294. The van der Waals surface area contributed by atoms with E-state index in [-0.39, 0.29) is 0 Å². The minimum atomic E-state index is -1.62. The zero-order valence-corrected chi connectivity index (χ0v) is 4.53. The highest BCUT2D eigenvalue weighted by Gasteiger charge is 1.91. The summed E-state index contributed by atoms with van der Waals surface area (Å²) in [4.78, 5) is 19.0. The van der Waals surface area contributed by atoms with Gasteiger partial charge in [-0.3, -0.25) is 0 Å². The second kappa shape index (κ2) is 4.03. The summed E-state index contributed by atoms with van der Waals surface area (Å²) in [6.07, 6.45) is -0.320. The summed E-state index contributed by atoms with van der Waals surface area (Å²) in [5.74, 6) is 0. The van der Waals surface area contributed by atoms with Crippen LogP contribution in [0.2, 0.25) is 0 Å². The SMILES string of the molecule is O=C(O)OC#COC(=O)O. The molecule has 0 amide bonds. The van der Waals surface area contributed by atoms with Crippen molar-refractivity contribution in [3.63, 3.8) is 0 Å². The fraction of sp³-hybridized carbons (Fsp3) is 0. The Morgan fingerprint density at radius 1 is 1.00 bits per heavy atom. The standard InChI is InChI=1S/C4H2O6/c5-3(6)9-1-2-10-4(7)8/h(H,5,6)(H,7,8). The van der Waals surface area contributed by atoms with Crippen molar-refractivity contribution in [3.8, 4) is 12.2 Å². The summed E-state index contributed by atoms with van der Waals surface area (Å²) in [7, 11) is 0. The molecule has 10 heavy (non-hydrogen) atoms. The average Bonchev–Trinajstić information content (AvgIpc) is 1.79. The Labute approximate surface area is 55.0 Å². The van der Waals surface area contributed by atoms with Crippen molar-refractivity contribution in [2.75, 3.05) is 0 Å². The summed E-state index contributed by atoms with van der Waals surface area (Å²) in [5, 5.41) is 15.5. The third-order valence-corrected chi connectivity index (χ3v) is 0.318. The van der Waals surface area contributed by atoms with Gasteiger partial charge in [0.1, 0.15) is 0 Å². The molecule has 6 nitrogen and oxygen atoms in total. The molecule has 0 aliphatic rings. The first-order valence-corrected chi connectivity index (χ1v) is 1.92. The Morgan fingerprint density at radius 3 is 1.50 bits per heavy atom. The van der Waals surface area contributed by atoms with Gasteiger partial charge in [0.25, 0.3) is 0 Å². The quantitative estimate of drug-likeness (QED) is 0.377. The van der Waals surface area contributed by atoms with Crippen molar-refractivity contribution in [1.82, 2.24) is 0 Å². The summed E-state index contributed by atoms with van der Waals surface area (Å²) in [6.45, 7) is 0. The molecule has 0 bridgehead atoms. The van der Waals surface area contributed by atoms with Gasteiger partial charge in [-0.15, -0.1) is 0 Å². The molecule has 0 aliphatic carbocycles. The third-order valence-electron chi connectivity index (χ3n) is 0.318. The molecule has 6 heteroatoms. The maximum absolute atomic E-state index is 9.52. The number of hydrogen-bond acceptors (Lipinski definition) is 4. The van der Waals surface area contributed by atoms with Gasteiger partial charge < -0.3 is 19.7 Å². The van der Waals surface area contributed by atoms with Crippen molar-refractivity contribution in [3.05, 3.63) is 0 Å². The summed E-state index contributed by atoms with van der Waals surface area (Å²) in [6, 6.07) is 0. The minimum absolute atomic E-state index is 1.46. The third kappa shape index (κ3) is 6.10. The average molecular weight is 146 g/mol. The molecule has 0 aromatic carbocycles. The molecule has 0 saturated heterocycles. The van der Waals surface area contributed by atoms with Crippen LogP contribution in [0.25, 0.3) is 0 Å². The van der Waals surface area contributed by atoms with Gasteiger partial charge in [0.15, 0.2) is 12.2 Å². The van der Waals surface area contributed by atoms with Gasteiger partial charge in [0.05, 0.1) is 0 Å². The highest BCUT2D eigenvalue weighted by atomic mass is 16.7. The van der Waals surface area contributed by atoms with Gasteiger partial charge in [0.2, 0.25) is 0 Å². The molecule has 0 fully saturated rings. The first-order chi connectivity index (χ1) is 4.63. The molecular formula is C4H2O6. The number of ether oxygens (including phenoxy) is 2. The lowest BCUT2D eigenvalue weighted by molar-refractivity contribution is 0.126. The summed E-state index contributed by atoms with van der Waals surface area (Å²) >= 11 is 0. The van der Waals surface area contributed by atoms with Crippen LogP contribution in [0.15, 0.2) is 0 Å². The van der Waals surface area contributed by atoms with E-state index >= 15 is 0 Å². The van der Waals surface area contributed by atoms with Gasteiger partial charge in [-0.25, -0.2) is 9.59 Å². The number of rotatable bonds is 0. The Bertz CT molecular complexity index is 176. The van der Waals surface area contributed by atoms with Gasteiger partial charge in [-0.1, -0.05) is 0 Å². The van der Waals surface area contributed by atoms with E-state index in [1.54, 1.807) is 0 Å². The maximum Gasteiger partial charge on any atom is 0.520 e. The van der Waals surface area contributed by atoms with Crippen LogP contribution in [0.3, 0.4) is 0 Å². The lowest BCUT2D eigenvalue weighted by atomic mass is 11.1. The smallest absolute Gasteiger partial charge is 0.449 e. The molecule has 0 saturated carbocycles. The molecule has 0 aromatic rings. The van der Waals surface area contributed by atoms with Crippen molar-refractivity contribution in [1.29, 1.82) is 0 Å². The van der Waals surface area contributed by atoms with Crippen LogP contribution in [-0.2, 0) is 9.47 Å². The fourth-order valence-corrected chi connectivity index (χ4v) is 0.129. The summed E-state index contributed by atoms with van der Waals surface area (Å²) < 4.78 is 7.12. The van der Waals surface area contributed by atoms with E-state index in [2.05, 4.69) is 9.47 Å². The molecule has 0 atom stereocenters. The first kappa shape index (κ1) is 8.10. The van der Waals surface area contributed by atoms with Crippen LogP contribution in [0.4, 0.5) is 9.59 Å². The number of carboxylic acid groups (broad SMARTS) is 2. The first-order valence-electron chi connectivity index (χ1n) is 1.92. The molecule has 54 valence electrons. The second-order valence-electron chi connectivity index (χ2n) is 0.940. The topological polar surface area (TPSA) is 93.1 Å². The van der Waals surface area contributed by atoms with Gasteiger partial charge in [0, 0.05) is 0 Å². The zero-order chi connectivity index (χ0) is 7.98. The van der Waals surface area contributed by atoms with Crippen LogP contribution >= 0.6 is 0 Å². The van der Waals surface area contributed by atoms with Crippen LogP contribution < -0.4 is 0 Å². The Kier molecular flexibility index (Phi) is 3.26. The lowest BCUT2D eigenvalue weighted by Crippen LogP contribution is -1.95. The van der Waals surface area contributed by atoms with Crippen molar-refractivity contribution >= 4 is 12.3 Å². The van der Waals surface area contributed by atoms with Crippen molar-refractivity contribution in [2.24, 2.45) is 0 Å². The minimum Gasteiger partial charge on any atom is -0.449 e. The van der Waals surface area contributed by atoms with E-state index in [1.165, 1.54) is 12.2 Å². The molecule has 0 aliphatic heterocycles. The normalized spacial score (nSPS) is 6.80. The largest absolute Gasteiger partial charge is 0.520 e. The summed E-state index contributed by atoms with van der Waals surface area (Å²) in [5.41, 5.74) is 0. The maximum atomic E-state index is 9.52. The fourth-order valence-electron chi connectivity index (χ4n) is 0.129. The molecule has 0 radical (unpaired) electrons. The highest BCUT2D eigenvalue weighted by molar-refractivity contribution is 5.59. The van der Waals surface area contributed by atoms with Crippen molar-refractivity contribution < 1.29 is 29.3 Å². The molecule has 0 aromatic heterocycles. The van der Waals surface area contributed by atoms with Gasteiger partial charge in [-0.2, -0.15) is 0 Å². The van der Waals surface area contributed by atoms with Crippen LogP contribution in [0.1, 0.15) is 0 Å². The molecule has 0 rings (SSSR count). The Hall–Kier alpha value is -1.90. The monoisotopic (exact) mass is 146 g/mol. The van der Waals surface area contributed by atoms with E-state index in [0.29, 0.717) is 0 Å². The van der Waals surface area contributed by atoms with E-state index in [9.17, 15) is 9.59 Å². The molecule has 2 N–H and O–H groups in total. The van der Waals surface area contributed by atoms with E-state index in [1.807, 2.05) is 0 Å². The lowest BCUT2D eigenvalue weighted by Gasteiger charge is -1.82. The number of hydrogen-bond donors (Lipinski definition) is 2.